The summed E-state index contributed by atoms with van der Waals surface area (Å²) >= 11 is 0. The van der Waals surface area contributed by atoms with Gasteiger partial charge < -0.3 is 19.7 Å². The minimum absolute atomic E-state index is 0.247. The van der Waals surface area contributed by atoms with Crippen LogP contribution in [0.3, 0.4) is 0 Å². The zero-order valence-corrected chi connectivity index (χ0v) is 16.3. The van der Waals surface area contributed by atoms with Crippen LogP contribution >= 0.6 is 0 Å². The lowest BCUT2D eigenvalue weighted by Crippen LogP contribution is -2.25. The Morgan fingerprint density at radius 2 is 1.56 bits per heavy atom. The van der Waals surface area contributed by atoms with Crippen LogP contribution < -0.4 is 0 Å². The Bertz CT molecular complexity index is 830. The van der Waals surface area contributed by atoms with Crippen LogP contribution in [0.15, 0.2) is 30.3 Å². The van der Waals surface area contributed by atoms with Gasteiger partial charge >= 0.3 is 0 Å². The van der Waals surface area contributed by atoms with Crippen LogP contribution in [-0.4, -0.2) is 35.6 Å². The molecule has 0 bridgehead atoms. The lowest BCUT2D eigenvalue weighted by Gasteiger charge is -2.33. The monoisotopic (exact) mass is 368 g/mol. The Kier molecular flexibility index (Phi) is 4.65. The predicted octanol–water partition coefficient (Wildman–Crippen LogP) is 3.87. The number of aromatic hydroxyl groups is 2. The third-order valence-corrected chi connectivity index (χ3v) is 5.86. The van der Waals surface area contributed by atoms with Crippen molar-refractivity contribution in [1.29, 1.82) is 0 Å². The quantitative estimate of drug-likeness (QED) is 0.728. The fraction of sp³-hybridized carbons (Fsp3) is 0.478. The highest BCUT2D eigenvalue weighted by atomic mass is 16.6. The van der Waals surface area contributed by atoms with Crippen LogP contribution in [0.1, 0.15) is 48.6 Å². The highest BCUT2D eigenvalue weighted by molar-refractivity contribution is 5.56. The molecule has 2 fully saturated rings. The highest BCUT2D eigenvalue weighted by Crippen LogP contribution is 2.43. The van der Waals surface area contributed by atoms with Crippen molar-refractivity contribution in [2.24, 2.45) is 0 Å². The van der Waals surface area contributed by atoms with Crippen molar-refractivity contribution >= 4 is 0 Å². The zero-order chi connectivity index (χ0) is 19.2. The van der Waals surface area contributed by atoms with E-state index in [1.165, 1.54) is 11.1 Å². The molecule has 2 heterocycles. The second-order valence-electron chi connectivity index (χ2n) is 8.23. The Hall–Kier alpha value is -2.04. The van der Waals surface area contributed by atoms with Gasteiger partial charge in [0.2, 0.25) is 0 Å². The zero-order valence-electron chi connectivity index (χ0n) is 16.3. The van der Waals surface area contributed by atoms with Crippen molar-refractivity contribution in [3.05, 3.63) is 58.1 Å². The van der Waals surface area contributed by atoms with E-state index in [9.17, 15) is 10.2 Å². The normalized spacial score (nSPS) is 21.3. The maximum absolute atomic E-state index is 10.7. The SMILES string of the molecule is CCc1c(O)cc(CC2CO2)c(C(C)(C)c2ccc(O)cc2)c1CC1CO1. The van der Waals surface area contributed by atoms with Gasteiger partial charge in [0, 0.05) is 18.3 Å². The first-order chi connectivity index (χ1) is 12.9. The molecule has 2 aliphatic heterocycles. The Balaban J connectivity index is 1.89. The first-order valence-electron chi connectivity index (χ1n) is 9.80. The highest BCUT2D eigenvalue weighted by Gasteiger charge is 2.36. The van der Waals surface area contributed by atoms with Crippen LogP contribution in [-0.2, 0) is 34.2 Å². The molecule has 4 rings (SSSR count). The van der Waals surface area contributed by atoms with Gasteiger partial charge in [0.1, 0.15) is 11.5 Å². The molecule has 2 unspecified atom stereocenters. The minimum atomic E-state index is -0.264. The van der Waals surface area contributed by atoms with Crippen LogP contribution in [0.2, 0.25) is 0 Å². The number of benzene rings is 2. The Morgan fingerprint density at radius 3 is 2.11 bits per heavy atom. The Morgan fingerprint density at radius 1 is 0.963 bits per heavy atom. The first-order valence-corrected chi connectivity index (χ1v) is 9.80. The van der Waals surface area contributed by atoms with Crippen molar-refractivity contribution in [1.82, 2.24) is 0 Å². The van der Waals surface area contributed by atoms with E-state index in [0.29, 0.717) is 5.75 Å². The number of rotatable bonds is 7. The molecule has 2 saturated heterocycles. The molecule has 0 spiro atoms. The van der Waals surface area contributed by atoms with Gasteiger partial charge in [-0.2, -0.15) is 0 Å². The maximum Gasteiger partial charge on any atom is 0.119 e. The van der Waals surface area contributed by atoms with E-state index in [1.54, 1.807) is 12.1 Å². The van der Waals surface area contributed by atoms with E-state index < -0.39 is 0 Å². The third kappa shape index (κ3) is 3.69. The van der Waals surface area contributed by atoms with Gasteiger partial charge in [0.25, 0.3) is 0 Å². The molecule has 144 valence electrons. The summed E-state index contributed by atoms with van der Waals surface area (Å²) in [4.78, 5) is 0. The average Bonchev–Trinajstić information content (AvgIpc) is 3.52. The summed E-state index contributed by atoms with van der Waals surface area (Å²) in [6.45, 7) is 8.11. The van der Waals surface area contributed by atoms with E-state index in [2.05, 4.69) is 20.8 Å². The number of ether oxygens (including phenoxy) is 2. The van der Waals surface area contributed by atoms with E-state index in [1.807, 2.05) is 18.2 Å². The van der Waals surface area contributed by atoms with Crippen molar-refractivity contribution in [2.45, 2.75) is 57.7 Å². The van der Waals surface area contributed by atoms with E-state index >= 15 is 0 Å². The van der Waals surface area contributed by atoms with Gasteiger partial charge in [-0.1, -0.05) is 32.9 Å². The van der Waals surface area contributed by atoms with Crippen molar-refractivity contribution in [3.63, 3.8) is 0 Å². The number of phenols is 2. The predicted molar refractivity (Wildman–Crippen MR) is 105 cm³/mol. The molecule has 0 aromatic heterocycles. The van der Waals surface area contributed by atoms with Crippen LogP contribution in [0.4, 0.5) is 0 Å². The van der Waals surface area contributed by atoms with Crippen LogP contribution in [0.25, 0.3) is 0 Å². The van der Waals surface area contributed by atoms with Crippen LogP contribution in [0, 0.1) is 0 Å². The summed E-state index contributed by atoms with van der Waals surface area (Å²) in [6.07, 6.45) is 2.92. The fourth-order valence-corrected chi connectivity index (χ4v) is 4.25. The summed E-state index contributed by atoms with van der Waals surface area (Å²) in [5.41, 5.74) is 5.54. The van der Waals surface area contributed by atoms with E-state index in [0.717, 1.165) is 49.2 Å². The summed E-state index contributed by atoms with van der Waals surface area (Å²) in [5.74, 6) is 0.654. The van der Waals surface area contributed by atoms with Gasteiger partial charge in [-0.25, -0.2) is 0 Å². The topological polar surface area (TPSA) is 65.5 Å². The summed E-state index contributed by atoms with van der Waals surface area (Å²) < 4.78 is 11.0. The molecule has 4 nitrogen and oxygen atoms in total. The van der Waals surface area contributed by atoms with Gasteiger partial charge in [-0.15, -0.1) is 0 Å². The van der Waals surface area contributed by atoms with Crippen molar-refractivity contribution in [3.8, 4) is 11.5 Å². The minimum Gasteiger partial charge on any atom is -0.508 e. The molecular formula is C23H28O4. The summed E-state index contributed by atoms with van der Waals surface area (Å²) in [5, 5.41) is 20.4. The van der Waals surface area contributed by atoms with Crippen molar-refractivity contribution < 1.29 is 19.7 Å². The van der Waals surface area contributed by atoms with Crippen LogP contribution in [0.5, 0.6) is 11.5 Å². The molecule has 27 heavy (non-hydrogen) atoms. The molecule has 2 aliphatic rings. The van der Waals surface area contributed by atoms with Gasteiger partial charge in [0.15, 0.2) is 0 Å². The lowest BCUT2D eigenvalue weighted by molar-refractivity contribution is 0.401. The van der Waals surface area contributed by atoms with Gasteiger partial charge in [-0.05, 0) is 52.4 Å². The molecule has 2 aromatic carbocycles. The number of phenolic OH excluding ortho intramolecular Hbond substituents is 2. The Labute approximate surface area is 160 Å². The standard InChI is InChI=1S/C23H28O4/c1-4-19-20(11-18-13-27-18)22(14(10-21(19)25)9-17-12-26-17)23(2,3)15-5-7-16(24)8-6-15/h5-8,10,17-18,24-25H,4,9,11-13H2,1-3H3. The summed E-state index contributed by atoms with van der Waals surface area (Å²) in [7, 11) is 0. The number of hydrogen-bond donors (Lipinski definition) is 2. The van der Waals surface area contributed by atoms with Crippen molar-refractivity contribution in [2.75, 3.05) is 13.2 Å². The summed E-state index contributed by atoms with van der Waals surface area (Å²) in [6, 6.07) is 9.40. The molecule has 0 aliphatic carbocycles. The van der Waals surface area contributed by atoms with Gasteiger partial charge in [-0.3, -0.25) is 0 Å². The number of epoxide rings is 2. The molecule has 0 radical (unpaired) electrons. The second kappa shape index (κ2) is 6.84. The molecule has 2 aromatic rings. The molecule has 2 N–H and O–H groups in total. The number of hydrogen-bond acceptors (Lipinski definition) is 4. The molecular weight excluding hydrogens is 340 g/mol. The molecule has 0 saturated carbocycles. The van der Waals surface area contributed by atoms with E-state index in [-0.39, 0.29) is 23.4 Å². The maximum atomic E-state index is 10.7. The smallest absolute Gasteiger partial charge is 0.119 e. The fourth-order valence-electron chi connectivity index (χ4n) is 4.25. The largest absolute Gasteiger partial charge is 0.508 e. The van der Waals surface area contributed by atoms with Gasteiger partial charge in [0.05, 0.1) is 25.4 Å². The molecule has 0 amide bonds. The molecule has 2 atom stereocenters. The first kappa shape index (κ1) is 18.3. The molecule has 4 heteroatoms. The average molecular weight is 368 g/mol. The third-order valence-electron chi connectivity index (χ3n) is 5.86. The second-order valence-corrected chi connectivity index (χ2v) is 8.23. The van der Waals surface area contributed by atoms with E-state index in [4.69, 9.17) is 9.47 Å². The lowest BCUT2D eigenvalue weighted by atomic mass is 9.71.